The van der Waals surface area contributed by atoms with E-state index in [1.165, 1.54) is 0 Å². The topological polar surface area (TPSA) is 45.2 Å². The molecular formula is C20H29N3O3. The molecule has 3 aliphatic heterocycles. The summed E-state index contributed by atoms with van der Waals surface area (Å²) in [6.07, 6.45) is 0. The van der Waals surface area contributed by atoms with Crippen LogP contribution in [0.3, 0.4) is 0 Å². The maximum atomic E-state index is 12.5. The van der Waals surface area contributed by atoms with Crippen molar-refractivity contribution >= 4 is 5.91 Å². The lowest BCUT2D eigenvalue weighted by Gasteiger charge is -2.63. The number of carbonyl (C=O) groups is 1. The summed E-state index contributed by atoms with van der Waals surface area (Å²) in [6, 6.07) is 10.5. The molecule has 1 spiro atoms. The van der Waals surface area contributed by atoms with Crippen molar-refractivity contribution in [3.05, 3.63) is 30.3 Å². The van der Waals surface area contributed by atoms with E-state index in [2.05, 4.69) is 23.6 Å². The lowest BCUT2D eigenvalue weighted by Crippen LogP contribution is -2.81. The number of nitrogens with zero attached hydrogens (tertiary/aromatic N) is 3. The van der Waals surface area contributed by atoms with E-state index in [4.69, 9.17) is 9.47 Å². The largest absolute Gasteiger partial charge is 0.484 e. The maximum Gasteiger partial charge on any atom is 0.260 e. The second kappa shape index (κ2) is 7.18. The minimum atomic E-state index is 0.0750. The highest BCUT2D eigenvalue weighted by Gasteiger charge is 2.55. The van der Waals surface area contributed by atoms with Crippen molar-refractivity contribution in [3.63, 3.8) is 0 Å². The first kappa shape index (κ1) is 17.8. The van der Waals surface area contributed by atoms with E-state index in [0.29, 0.717) is 12.1 Å². The number of benzene rings is 1. The molecular weight excluding hydrogens is 330 g/mol. The van der Waals surface area contributed by atoms with Crippen molar-refractivity contribution in [2.45, 2.75) is 31.5 Å². The van der Waals surface area contributed by atoms with Crippen molar-refractivity contribution in [1.82, 2.24) is 14.7 Å². The number of ether oxygens (including phenoxy) is 2. The van der Waals surface area contributed by atoms with Crippen molar-refractivity contribution in [2.75, 3.05) is 52.5 Å². The third-order valence-corrected chi connectivity index (χ3v) is 5.94. The number of fused-ring (bicyclic) bond motifs is 2. The van der Waals surface area contributed by atoms with Gasteiger partial charge in [0.2, 0.25) is 0 Å². The molecule has 1 amide bonds. The Labute approximate surface area is 155 Å². The highest BCUT2D eigenvalue weighted by Crippen LogP contribution is 2.36. The highest BCUT2D eigenvalue weighted by molar-refractivity contribution is 5.79. The first-order chi connectivity index (χ1) is 12.6. The van der Waals surface area contributed by atoms with Crippen LogP contribution in [0, 0.1) is 0 Å². The molecule has 0 bridgehead atoms. The second-order valence-corrected chi connectivity index (χ2v) is 8.02. The fourth-order valence-corrected chi connectivity index (χ4v) is 4.50. The maximum absolute atomic E-state index is 12.5. The van der Waals surface area contributed by atoms with E-state index in [1.807, 2.05) is 35.2 Å². The molecule has 3 heterocycles. The van der Waals surface area contributed by atoms with Gasteiger partial charge in [0.05, 0.1) is 18.8 Å². The minimum Gasteiger partial charge on any atom is -0.484 e. The van der Waals surface area contributed by atoms with Crippen molar-refractivity contribution in [1.29, 1.82) is 0 Å². The molecule has 3 saturated heterocycles. The Hall–Kier alpha value is -1.63. The Morgan fingerprint density at radius 2 is 2.04 bits per heavy atom. The zero-order chi connectivity index (χ0) is 18.1. The van der Waals surface area contributed by atoms with E-state index in [9.17, 15) is 4.79 Å². The number of carbonyl (C=O) groups excluding carboxylic acids is 1. The monoisotopic (exact) mass is 359 g/mol. The summed E-state index contributed by atoms with van der Waals surface area (Å²) in [4.78, 5) is 19.6. The number of amides is 1. The highest BCUT2D eigenvalue weighted by atomic mass is 16.5. The van der Waals surface area contributed by atoms with E-state index in [-0.39, 0.29) is 18.1 Å². The van der Waals surface area contributed by atoms with Gasteiger partial charge in [0.15, 0.2) is 6.61 Å². The Bertz CT molecular complexity index is 630. The molecule has 1 aromatic carbocycles. The van der Waals surface area contributed by atoms with Gasteiger partial charge < -0.3 is 14.4 Å². The molecule has 6 nitrogen and oxygen atoms in total. The van der Waals surface area contributed by atoms with Crippen LogP contribution in [0.15, 0.2) is 30.3 Å². The molecule has 0 aromatic heterocycles. The van der Waals surface area contributed by atoms with Crippen LogP contribution in [-0.2, 0) is 9.53 Å². The molecule has 142 valence electrons. The molecule has 0 radical (unpaired) electrons. The molecule has 3 aliphatic rings. The lowest BCUT2D eigenvalue weighted by molar-refractivity contribution is -0.180. The van der Waals surface area contributed by atoms with Gasteiger partial charge in [-0.15, -0.1) is 0 Å². The molecule has 0 N–H and O–H groups in total. The molecule has 6 heteroatoms. The van der Waals surface area contributed by atoms with Gasteiger partial charge in [-0.25, -0.2) is 0 Å². The van der Waals surface area contributed by atoms with Gasteiger partial charge in [-0.1, -0.05) is 18.2 Å². The zero-order valence-electron chi connectivity index (χ0n) is 15.8. The van der Waals surface area contributed by atoms with Crippen LogP contribution in [0.4, 0.5) is 0 Å². The fraction of sp³-hybridized carbons (Fsp3) is 0.650. The number of rotatable bonds is 4. The summed E-state index contributed by atoms with van der Waals surface area (Å²) in [5.41, 5.74) is 0.0827. The fourth-order valence-electron chi connectivity index (χ4n) is 4.50. The van der Waals surface area contributed by atoms with Gasteiger partial charge in [-0.05, 0) is 26.0 Å². The number of likely N-dealkylation sites (tertiary alicyclic amines) is 1. The Balaban J connectivity index is 1.38. The average molecular weight is 359 g/mol. The molecule has 4 rings (SSSR count). The summed E-state index contributed by atoms with van der Waals surface area (Å²) in [5, 5.41) is 0. The summed E-state index contributed by atoms with van der Waals surface area (Å²) >= 11 is 0. The first-order valence-electron chi connectivity index (χ1n) is 9.62. The smallest absolute Gasteiger partial charge is 0.260 e. The number of morpholine rings is 1. The Kier molecular flexibility index (Phi) is 4.90. The van der Waals surface area contributed by atoms with Crippen LogP contribution >= 0.6 is 0 Å². The molecule has 26 heavy (non-hydrogen) atoms. The van der Waals surface area contributed by atoms with Gasteiger partial charge in [-0.2, -0.15) is 0 Å². The van der Waals surface area contributed by atoms with Crippen molar-refractivity contribution in [2.24, 2.45) is 0 Å². The number of hydrogen-bond donors (Lipinski definition) is 0. The molecule has 1 atom stereocenters. The minimum absolute atomic E-state index is 0.0750. The summed E-state index contributed by atoms with van der Waals surface area (Å²) in [5.74, 6) is 0.818. The summed E-state index contributed by atoms with van der Waals surface area (Å²) in [7, 11) is 0. The third-order valence-electron chi connectivity index (χ3n) is 5.94. The van der Waals surface area contributed by atoms with E-state index >= 15 is 0 Å². The predicted molar refractivity (Wildman–Crippen MR) is 99.3 cm³/mol. The van der Waals surface area contributed by atoms with Crippen LogP contribution in [0.5, 0.6) is 5.75 Å². The van der Waals surface area contributed by atoms with Gasteiger partial charge in [-0.3, -0.25) is 14.6 Å². The van der Waals surface area contributed by atoms with Gasteiger partial charge in [0.1, 0.15) is 5.75 Å². The number of para-hydroxylation sites is 1. The van der Waals surface area contributed by atoms with Gasteiger partial charge in [0.25, 0.3) is 5.91 Å². The Morgan fingerprint density at radius 3 is 2.77 bits per heavy atom. The van der Waals surface area contributed by atoms with Gasteiger partial charge >= 0.3 is 0 Å². The summed E-state index contributed by atoms with van der Waals surface area (Å²) in [6.45, 7) is 10.9. The zero-order valence-corrected chi connectivity index (χ0v) is 15.8. The van der Waals surface area contributed by atoms with E-state index < -0.39 is 0 Å². The van der Waals surface area contributed by atoms with Crippen LogP contribution < -0.4 is 4.74 Å². The standard InChI is InChI=1S/C20H29N3O3/c1-16(2)21-10-17-11-25-9-8-23(17)20(13-21)14-22(15-20)19(24)12-26-18-6-4-3-5-7-18/h3-7,16-17H,8-15H2,1-2H3. The van der Waals surface area contributed by atoms with Crippen LogP contribution in [-0.4, -0.2) is 90.8 Å². The SMILES string of the molecule is CC(C)N1CC2COCCN2C2(CN(C(=O)COc3ccccc3)C2)C1. The van der Waals surface area contributed by atoms with Crippen LogP contribution in [0.2, 0.25) is 0 Å². The van der Waals surface area contributed by atoms with Crippen LogP contribution in [0.1, 0.15) is 13.8 Å². The quantitative estimate of drug-likeness (QED) is 0.805. The van der Waals surface area contributed by atoms with Crippen molar-refractivity contribution in [3.8, 4) is 5.75 Å². The average Bonchev–Trinajstić information content (AvgIpc) is 2.64. The number of hydrogen-bond acceptors (Lipinski definition) is 5. The van der Waals surface area contributed by atoms with E-state index in [0.717, 1.165) is 51.7 Å². The van der Waals surface area contributed by atoms with Crippen molar-refractivity contribution < 1.29 is 14.3 Å². The normalized spacial score (nSPS) is 25.8. The first-order valence-corrected chi connectivity index (χ1v) is 9.62. The predicted octanol–water partition coefficient (Wildman–Crippen LogP) is 1.07. The molecule has 0 aliphatic carbocycles. The van der Waals surface area contributed by atoms with E-state index in [1.54, 1.807) is 0 Å². The number of piperazine rings is 1. The lowest BCUT2D eigenvalue weighted by atomic mass is 9.82. The van der Waals surface area contributed by atoms with Gasteiger partial charge in [0, 0.05) is 44.8 Å². The molecule has 1 aromatic rings. The summed E-state index contributed by atoms with van der Waals surface area (Å²) < 4.78 is 11.4. The molecule has 3 fully saturated rings. The second-order valence-electron chi connectivity index (χ2n) is 8.02. The van der Waals surface area contributed by atoms with Crippen LogP contribution in [0.25, 0.3) is 0 Å². The molecule has 0 saturated carbocycles. The third kappa shape index (κ3) is 3.33. The molecule has 1 unspecified atom stereocenters. The Morgan fingerprint density at radius 1 is 1.27 bits per heavy atom.